The predicted molar refractivity (Wildman–Crippen MR) is 110 cm³/mol. The number of fused-ring (bicyclic) bond motifs is 1. The van der Waals surface area contributed by atoms with Crippen LogP contribution in [0.25, 0.3) is 0 Å². The number of halogens is 1. The smallest absolute Gasteiger partial charge is 0.251 e. The number of thioether (sulfide) groups is 1. The standard InChI is InChI=1S/C19H18BrN3O3S/c1-11-8-13(20)3-4-14(11)22-18(25)10-21-19(26)12-2-5-16-15(9-12)23-17(24)6-7-27-16/h2-5,8-9H,6-7,10H2,1H3,(H,21,26)(H,22,25)(H,23,24). The highest BCUT2D eigenvalue weighted by atomic mass is 79.9. The van der Waals surface area contributed by atoms with Crippen molar-refractivity contribution < 1.29 is 14.4 Å². The lowest BCUT2D eigenvalue weighted by atomic mass is 10.2. The predicted octanol–water partition coefficient (Wildman–Crippen LogP) is 3.56. The Kier molecular flexibility index (Phi) is 6.18. The average Bonchev–Trinajstić information content (AvgIpc) is 2.81. The molecule has 0 fully saturated rings. The molecule has 0 aliphatic carbocycles. The van der Waals surface area contributed by atoms with E-state index in [0.717, 1.165) is 14.9 Å². The number of aryl methyl sites for hydroxylation is 1. The molecule has 0 unspecified atom stereocenters. The van der Waals surface area contributed by atoms with Crippen LogP contribution in [0.3, 0.4) is 0 Å². The van der Waals surface area contributed by atoms with Gasteiger partial charge in [-0.1, -0.05) is 15.9 Å². The van der Waals surface area contributed by atoms with E-state index >= 15 is 0 Å². The fourth-order valence-electron chi connectivity index (χ4n) is 2.59. The Hall–Kier alpha value is -2.32. The van der Waals surface area contributed by atoms with Gasteiger partial charge in [0.05, 0.1) is 12.2 Å². The van der Waals surface area contributed by atoms with Gasteiger partial charge in [0.15, 0.2) is 0 Å². The van der Waals surface area contributed by atoms with Crippen molar-refractivity contribution in [2.24, 2.45) is 0 Å². The van der Waals surface area contributed by atoms with Gasteiger partial charge in [0, 0.05) is 32.8 Å². The van der Waals surface area contributed by atoms with Gasteiger partial charge in [-0.25, -0.2) is 0 Å². The van der Waals surface area contributed by atoms with Crippen molar-refractivity contribution in [2.45, 2.75) is 18.2 Å². The molecule has 140 valence electrons. The van der Waals surface area contributed by atoms with Crippen molar-refractivity contribution in [1.29, 1.82) is 0 Å². The molecule has 3 N–H and O–H groups in total. The largest absolute Gasteiger partial charge is 0.343 e. The molecule has 0 bridgehead atoms. The van der Waals surface area contributed by atoms with Crippen LogP contribution in [0.2, 0.25) is 0 Å². The minimum Gasteiger partial charge on any atom is -0.343 e. The SMILES string of the molecule is Cc1cc(Br)ccc1NC(=O)CNC(=O)c1ccc2c(c1)NC(=O)CCS2. The van der Waals surface area contributed by atoms with E-state index in [-0.39, 0.29) is 24.3 Å². The summed E-state index contributed by atoms with van der Waals surface area (Å²) in [4.78, 5) is 37.1. The number of carbonyl (C=O) groups is 3. The van der Waals surface area contributed by atoms with E-state index in [1.807, 2.05) is 25.1 Å². The lowest BCUT2D eigenvalue weighted by molar-refractivity contribution is -0.116. The van der Waals surface area contributed by atoms with Crippen molar-refractivity contribution in [3.63, 3.8) is 0 Å². The molecule has 27 heavy (non-hydrogen) atoms. The number of amides is 3. The molecule has 0 aromatic heterocycles. The molecule has 0 saturated carbocycles. The Balaban J connectivity index is 1.60. The van der Waals surface area contributed by atoms with E-state index in [0.29, 0.717) is 29.1 Å². The summed E-state index contributed by atoms with van der Waals surface area (Å²) in [5.74, 6) is -0.0422. The molecule has 6 nitrogen and oxygen atoms in total. The zero-order valence-corrected chi connectivity index (χ0v) is 17.0. The summed E-state index contributed by atoms with van der Waals surface area (Å²) in [5, 5.41) is 8.18. The molecular formula is C19H18BrN3O3S. The van der Waals surface area contributed by atoms with Gasteiger partial charge in [-0.15, -0.1) is 11.8 Å². The zero-order chi connectivity index (χ0) is 19.4. The first kappa shape index (κ1) is 19.4. The molecule has 0 atom stereocenters. The molecule has 1 aliphatic heterocycles. The Morgan fingerprint density at radius 3 is 2.81 bits per heavy atom. The van der Waals surface area contributed by atoms with Crippen LogP contribution in [-0.2, 0) is 9.59 Å². The summed E-state index contributed by atoms with van der Waals surface area (Å²) in [6, 6.07) is 10.7. The fourth-order valence-corrected chi connectivity index (χ4v) is 4.00. The van der Waals surface area contributed by atoms with Crippen molar-refractivity contribution in [3.05, 3.63) is 52.0 Å². The minimum atomic E-state index is -0.371. The summed E-state index contributed by atoms with van der Waals surface area (Å²) >= 11 is 4.95. The van der Waals surface area contributed by atoms with Crippen LogP contribution in [0.5, 0.6) is 0 Å². The van der Waals surface area contributed by atoms with Crippen LogP contribution < -0.4 is 16.0 Å². The maximum Gasteiger partial charge on any atom is 0.251 e. The summed E-state index contributed by atoms with van der Waals surface area (Å²) in [5.41, 5.74) is 2.64. The highest BCUT2D eigenvalue weighted by Crippen LogP contribution is 2.31. The Morgan fingerprint density at radius 1 is 1.22 bits per heavy atom. The highest BCUT2D eigenvalue weighted by Gasteiger charge is 2.16. The number of anilines is 2. The third-order valence-corrected chi connectivity index (χ3v) is 5.54. The first-order valence-electron chi connectivity index (χ1n) is 8.33. The average molecular weight is 448 g/mol. The van der Waals surface area contributed by atoms with Crippen molar-refractivity contribution in [2.75, 3.05) is 22.9 Å². The third kappa shape index (κ3) is 5.11. The second-order valence-corrected chi connectivity index (χ2v) is 8.10. The molecule has 0 saturated heterocycles. The van der Waals surface area contributed by atoms with Gasteiger partial charge in [-0.3, -0.25) is 14.4 Å². The molecule has 2 aromatic rings. The minimum absolute atomic E-state index is 0.0666. The molecule has 3 rings (SSSR count). The first-order chi connectivity index (χ1) is 12.9. The van der Waals surface area contributed by atoms with Crippen LogP contribution in [0.1, 0.15) is 22.3 Å². The maximum absolute atomic E-state index is 12.3. The van der Waals surface area contributed by atoms with E-state index in [1.165, 1.54) is 0 Å². The fraction of sp³-hybridized carbons (Fsp3) is 0.211. The van der Waals surface area contributed by atoms with Crippen LogP contribution in [-0.4, -0.2) is 30.0 Å². The molecular weight excluding hydrogens is 430 g/mol. The molecule has 0 radical (unpaired) electrons. The third-order valence-electron chi connectivity index (χ3n) is 3.97. The van der Waals surface area contributed by atoms with Crippen molar-refractivity contribution in [1.82, 2.24) is 5.32 Å². The second-order valence-electron chi connectivity index (χ2n) is 6.05. The van der Waals surface area contributed by atoms with Gasteiger partial charge >= 0.3 is 0 Å². The Morgan fingerprint density at radius 2 is 2.04 bits per heavy atom. The second kappa shape index (κ2) is 8.58. The van der Waals surface area contributed by atoms with E-state index in [1.54, 1.807) is 30.0 Å². The van der Waals surface area contributed by atoms with Gasteiger partial charge in [-0.05, 0) is 48.9 Å². The van der Waals surface area contributed by atoms with Crippen molar-refractivity contribution in [3.8, 4) is 0 Å². The Labute approximate surface area is 169 Å². The van der Waals surface area contributed by atoms with Gasteiger partial charge in [-0.2, -0.15) is 0 Å². The summed E-state index contributed by atoms with van der Waals surface area (Å²) < 4.78 is 0.930. The van der Waals surface area contributed by atoms with E-state index in [2.05, 4.69) is 31.9 Å². The van der Waals surface area contributed by atoms with E-state index in [4.69, 9.17) is 0 Å². The van der Waals surface area contributed by atoms with E-state index in [9.17, 15) is 14.4 Å². The Bertz CT molecular complexity index is 917. The molecule has 3 amide bonds. The number of hydrogen-bond acceptors (Lipinski definition) is 4. The summed E-state index contributed by atoms with van der Waals surface area (Å²) in [7, 11) is 0. The normalized spacial score (nSPS) is 13.2. The first-order valence-corrected chi connectivity index (χ1v) is 10.1. The number of benzene rings is 2. The number of carbonyl (C=O) groups excluding carboxylic acids is 3. The molecule has 2 aromatic carbocycles. The van der Waals surface area contributed by atoms with E-state index < -0.39 is 0 Å². The van der Waals surface area contributed by atoms with Gasteiger partial charge in [0.1, 0.15) is 0 Å². The number of hydrogen-bond donors (Lipinski definition) is 3. The van der Waals surface area contributed by atoms with Gasteiger partial charge < -0.3 is 16.0 Å². The number of rotatable bonds is 4. The van der Waals surface area contributed by atoms with Gasteiger partial charge in [0.2, 0.25) is 11.8 Å². The number of nitrogens with one attached hydrogen (secondary N) is 3. The molecule has 8 heteroatoms. The van der Waals surface area contributed by atoms with Gasteiger partial charge in [0.25, 0.3) is 5.91 Å². The maximum atomic E-state index is 12.3. The molecule has 1 heterocycles. The van der Waals surface area contributed by atoms with Crippen LogP contribution in [0, 0.1) is 6.92 Å². The van der Waals surface area contributed by atoms with Crippen LogP contribution in [0.4, 0.5) is 11.4 Å². The van der Waals surface area contributed by atoms with Crippen LogP contribution >= 0.6 is 27.7 Å². The monoisotopic (exact) mass is 447 g/mol. The lowest BCUT2D eigenvalue weighted by Crippen LogP contribution is -2.33. The quantitative estimate of drug-likeness (QED) is 0.668. The molecule has 0 spiro atoms. The highest BCUT2D eigenvalue weighted by molar-refractivity contribution is 9.10. The topological polar surface area (TPSA) is 87.3 Å². The van der Waals surface area contributed by atoms with Crippen molar-refractivity contribution >= 4 is 56.8 Å². The summed E-state index contributed by atoms with van der Waals surface area (Å²) in [6.45, 7) is 1.74. The lowest BCUT2D eigenvalue weighted by Gasteiger charge is -2.11. The zero-order valence-electron chi connectivity index (χ0n) is 14.6. The van der Waals surface area contributed by atoms with Crippen LogP contribution in [0.15, 0.2) is 45.8 Å². The molecule has 1 aliphatic rings. The summed E-state index contributed by atoms with van der Waals surface area (Å²) in [6.07, 6.45) is 0.441.